The predicted molar refractivity (Wildman–Crippen MR) is 90.6 cm³/mol. The predicted octanol–water partition coefficient (Wildman–Crippen LogP) is 1.16. The number of carbonyl (C=O) groups excluding carboxylic acids is 1. The van der Waals surface area contributed by atoms with Crippen LogP contribution >= 0.6 is 22.6 Å². The zero-order valence-electron chi connectivity index (χ0n) is 12.2. The van der Waals surface area contributed by atoms with E-state index in [0.29, 0.717) is 23.6 Å². The molecular weight excluding hydrogens is 409 g/mol. The lowest BCUT2D eigenvalue weighted by atomic mass is 10.1. The first-order chi connectivity index (χ1) is 11.1. The molecule has 9 heteroatoms. The Labute approximate surface area is 144 Å². The summed E-state index contributed by atoms with van der Waals surface area (Å²) in [4.78, 5) is 24.2. The first-order valence-corrected chi connectivity index (χ1v) is 8.10. The molecule has 0 saturated carbocycles. The van der Waals surface area contributed by atoms with Crippen molar-refractivity contribution >= 4 is 28.5 Å². The van der Waals surface area contributed by atoms with Crippen LogP contribution in [0.3, 0.4) is 0 Å². The second kappa shape index (κ2) is 5.41. The Balaban J connectivity index is 1.81. The quantitative estimate of drug-likeness (QED) is 0.605. The normalized spacial score (nSPS) is 13.7. The van der Waals surface area contributed by atoms with E-state index in [1.54, 1.807) is 24.1 Å². The van der Waals surface area contributed by atoms with Gasteiger partial charge in [0.05, 0.1) is 26.7 Å². The molecule has 116 valence electrons. The molecular formula is C14H12IN7O. The number of fused-ring (bicyclic) bond motifs is 1. The van der Waals surface area contributed by atoms with Gasteiger partial charge in [-0.1, -0.05) is 5.21 Å². The molecule has 23 heavy (non-hydrogen) atoms. The van der Waals surface area contributed by atoms with Gasteiger partial charge in [0.1, 0.15) is 5.69 Å². The van der Waals surface area contributed by atoms with E-state index in [-0.39, 0.29) is 5.91 Å². The molecule has 1 aliphatic rings. The zero-order chi connectivity index (χ0) is 16.0. The summed E-state index contributed by atoms with van der Waals surface area (Å²) in [6.07, 6.45) is 4.23. The molecule has 0 atom stereocenters. The van der Waals surface area contributed by atoms with Gasteiger partial charge >= 0.3 is 0 Å². The van der Waals surface area contributed by atoms with Crippen LogP contribution in [-0.2, 0) is 13.5 Å². The maximum atomic E-state index is 12.1. The average molecular weight is 421 g/mol. The highest BCUT2D eigenvalue weighted by molar-refractivity contribution is 14.1. The third-order valence-electron chi connectivity index (χ3n) is 3.65. The van der Waals surface area contributed by atoms with E-state index in [0.717, 1.165) is 27.1 Å². The average Bonchev–Trinajstić information content (AvgIpc) is 3.12. The topological polar surface area (TPSA) is 101 Å². The molecule has 3 aromatic heterocycles. The number of aromatic nitrogens is 6. The zero-order valence-corrected chi connectivity index (χ0v) is 14.3. The lowest BCUT2D eigenvalue weighted by molar-refractivity contribution is 0.0945. The van der Waals surface area contributed by atoms with Crippen molar-refractivity contribution < 1.29 is 4.79 Å². The number of carbonyl (C=O) groups is 1. The van der Waals surface area contributed by atoms with Crippen LogP contribution in [0, 0.1) is 3.57 Å². The van der Waals surface area contributed by atoms with Crippen LogP contribution < -0.4 is 5.32 Å². The highest BCUT2D eigenvalue weighted by Gasteiger charge is 2.25. The Hall–Kier alpha value is -2.30. The van der Waals surface area contributed by atoms with Crippen LogP contribution in [0.15, 0.2) is 18.5 Å². The number of amides is 1. The fraction of sp³-hybridized carbons (Fsp3) is 0.214. The number of aromatic amines is 1. The summed E-state index contributed by atoms with van der Waals surface area (Å²) in [6.45, 7) is 0.649. The minimum Gasteiger partial charge on any atom is -0.356 e. The van der Waals surface area contributed by atoms with Gasteiger partial charge in [0.15, 0.2) is 5.82 Å². The van der Waals surface area contributed by atoms with Crippen LogP contribution in [0.2, 0.25) is 0 Å². The van der Waals surface area contributed by atoms with Crippen molar-refractivity contribution in [3.8, 4) is 22.9 Å². The summed E-state index contributed by atoms with van der Waals surface area (Å²) in [5, 5.41) is 10.8. The maximum Gasteiger partial charge on any atom is 0.254 e. The molecule has 0 fully saturated rings. The number of rotatable bonds is 2. The van der Waals surface area contributed by atoms with Crippen LogP contribution in [0.25, 0.3) is 22.9 Å². The largest absolute Gasteiger partial charge is 0.356 e. The monoisotopic (exact) mass is 421 g/mol. The van der Waals surface area contributed by atoms with E-state index in [4.69, 9.17) is 0 Å². The molecule has 3 aromatic rings. The molecule has 1 amide bonds. The van der Waals surface area contributed by atoms with Crippen molar-refractivity contribution in [3.05, 3.63) is 33.3 Å². The fourth-order valence-corrected chi connectivity index (χ4v) is 3.57. The minimum atomic E-state index is -0.0404. The molecule has 1 aliphatic heterocycles. The van der Waals surface area contributed by atoms with Gasteiger partial charge in [-0.15, -0.1) is 5.10 Å². The van der Waals surface area contributed by atoms with Crippen molar-refractivity contribution in [2.75, 3.05) is 6.54 Å². The molecule has 0 radical (unpaired) electrons. The van der Waals surface area contributed by atoms with E-state index in [1.807, 2.05) is 6.07 Å². The summed E-state index contributed by atoms with van der Waals surface area (Å²) in [7, 11) is 1.79. The van der Waals surface area contributed by atoms with Gasteiger partial charge in [-0.3, -0.25) is 9.48 Å². The Morgan fingerprint density at radius 1 is 1.35 bits per heavy atom. The minimum absolute atomic E-state index is 0.0404. The van der Waals surface area contributed by atoms with Crippen LogP contribution in [0.5, 0.6) is 0 Å². The summed E-state index contributed by atoms with van der Waals surface area (Å²) in [5.41, 5.74) is 3.84. The smallest absolute Gasteiger partial charge is 0.254 e. The summed E-state index contributed by atoms with van der Waals surface area (Å²) in [6, 6.07) is 1.82. The molecule has 2 N–H and O–H groups in total. The van der Waals surface area contributed by atoms with E-state index >= 15 is 0 Å². The number of H-pyrrole nitrogens is 1. The van der Waals surface area contributed by atoms with E-state index < -0.39 is 0 Å². The number of aryl methyl sites for hydroxylation is 1. The molecule has 8 nitrogen and oxygen atoms in total. The van der Waals surface area contributed by atoms with E-state index in [2.05, 4.69) is 53.2 Å². The SMILES string of the molecule is Cn1cc(-c2nccc(-c3[nH]c4c(c3I)C(=O)NCC4)n2)nn1. The standard InChI is InChI=1S/C14H12IN7O/c1-22-6-9(20-21-22)13-16-4-3-8(19-13)12-11(15)10-7(18-12)2-5-17-14(10)23/h3-4,6,18H,2,5H2,1H3,(H,17,23). The van der Waals surface area contributed by atoms with Gasteiger partial charge in [0.25, 0.3) is 5.91 Å². The number of hydrogen-bond donors (Lipinski definition) is 2. The van der Waals surface area contributed by atoms with Gasteiger partial charge in [0, 0.05) is 31.9 Å². The lowest BCUT2D eigenvalue weighted by Crippen LogP contribution is -2.31. The molecule has 0 spiro atoms. The van der Waals surface area contributed by atoms with Crippen LogP contribution in [0.4, 0.5) is 0 Å². The molecule has 0 saturated heterocycles. The number of hydrogen-bond acceptors (Lipinski definition) is 5. The molecule has 4 rings (SSSR count). The van der Waals surface area contributed by atoms with Crippen molar-refractivity contribution in [1.29, 1.82) is 0 Å². The van der Waals surface area contributed by atoms with E-state index in [9.17, 15) is 4.79 Å². The molecule has 4 heterocycles. The Bertz CT molecular complexity index is 914. The van der Waals surface area contributed by atoms with Gasteiger partial charge in [0.2, 0.25) is 0 Å². The second-order valence-corrected chi connectivity index (χ2v) is 6.30. The summed E-state index contributed by atoms with van der Waals surface area (Å²) >= 11 is 2.18. The molecule has 0 bridgehead atoms. The Kier molecular flexibility index (Phi) is 3.36. The van der Waals surface area contributed by atoms with Crippen molar-refractivity contribution in [2.24, 2.45) is 7.05 Å². The summed E-state index contributed by atoms with van der Waals surface area (Å²) in [5.74, 6) is 0.463. The molecule has 0 unspecified atom stereocenters. The highest BCUT2D eigenvalue weighted by Crippen LogP contribution is 2.30. The third kappa shape index (κ3) is 2.40. The first kappa shape index (κ1) is 14.3. The second-order valence-electron chi connectivity index (χ2n) is 5.22. The van der Waals surface area contributed by atoms with Gasteiger partial charge in [-0.05, 0) is 28.7 Å². The number of nitrogens with one attached hydrogen (secondary N) is 2. The van der Waals surface area contributed by atoms with Crippen LogP contribution in [0.1, 0.15) is 16.1 Å². The van der Waals surface area contributed by atoms with Crippen molar-refractivity contribution in [2.45, 2.75) is 6.42 Å². The molecule has 0 aromatic carbocycles. The number of nitrogens with zero attached hydrogens (tertiary/aromatic N) is 5. The third-order valence-corrected chi connectivity index (χ3v) is 4.73. The lowest BCUT2D eigenvalue weighted by Gasteiger charge is -2.11. The van der Waals surface area contributed by atoms with Gasteiger partial charge in [-0.2, -0.15) is 0 Å². The van der Waals surface area contributed by atoms with Crippen molar-refractivity contribution in [1.82, 2.24) is 35.3 Å². The molecule has 0 aliphatic carbocycles. The number of halogens is 1. The van der Waals surface area contributed by atoms with Gasteiger partial charge < -0.3 is 10.3 Å². The van der Waals surface area contributed by atoms with Crippen molar-refractivity contribution in [3.63, 3.8) is 0 Å². The highest BCUT2D eigenvalue weighted by atomic mass is 127. The Morgan fingerprint density at radius 3 is 2.96 bits per heavy atom. The fourth-order valence-electron chi connectivity index (χ4n) is 2.59. The Morgan fingerprint density at radius 2 is 2.22 bits per heavy atom. The van der Waals surface area contributed by atoms with Gasteiger partial charge in [-0.25, -0.2) is 9.97 Å². The maximum absolute atomic E-state index is 12.1. The van der Waals surface area contributed by atoms with E-state index in [1.165, 1.54) is 0 Å². The summed E-state index contributed by atoms with van der Waals surface area (Å²) < 4.78 is 2.48. The first-order valence-electron chi connectivity index (χ1n) is 7.02. The van der Waals surface area contributed by atoms with Crippen LogP contribution in [-0.4, -0.2) is 42.4 Å².